The molecule has 0 bridgehead atoms. The second-order valence-electron chi connectivity index (χ2n) is 6.35. The highest BCUT2D eigenvalue weighted by molar-refractivity contribution is 7.91. The van der Waals surface area contributed by atoms with E-state index in [9.17, 15) is 18.0 Å². The molecule has 5 nitrogen and oxygen atoms in total. The van der Waals surface area contributed by atoms with Crippen LogP contribution in [0.4, 0.5) is 0 Å². The number of hydrogen-bond donors (Lipinski definition) is 1. The zero-order valence-electron chi connectivity index (χ0n) is 14.5. The fourth-order valence-electron chi connectivity index (χ4n) is 3.12. The third-order valence-electron chi connectivity index (χ3n) is 4.55. The lowest BCUT2D eigenvalue weighted by atomic mass is 10.0. The monoisotopic (exact) mass is 411 g/mol. The first-order chi connectivity index (χ1) is 13.4. The summed E-state index contributed by atoms with van der Waals surface area (Å²) in [6.07, 6.45) is 0. The van der Waals surface area contributed by atoms with Crippen LogP contribution >= 0.6 is 11.6 Å². The predicted molar refractivity (Wildman–Crippen MR) is 104 cm³/mol. The molecular formula is C21H14ClNO4S. The Hall–Kier alpha value is -2.96. The summed E-state index contributed by atoms with van der Waals surface area (Å²) >= 11 is 5.92. The highest BCUT2D eigenvalue weighted by Gasteiger charge is 2.35. The lowest BCUT2D eigenvalue weighted by Crippen LogP contribution is -2.25. The van der Waals surface area contributed by atoms with Crippen molar-refractivity contribution in [1.29, 1.82) is 0 Å². The van der Waals surface area contributed by atoms with Crippen LogP contribution in [0.15, 0.2) is 76.5 Å². The van der Waals surface area contributed by atoms with Crippen molar-refractivity contribution in [1.82, 2.24) is 5.32 Å². The van der Waals surface area contributed by atoms with E-state index in [1.165, 1.54) is 36.4 Å². The molecule has 0 aromatic heterocycles. The van der Waals surface area contributed by atoms with Gasteiger partial charge in [0.2, 0.25) is 9.84 Å². The average molecular weight is 412 g/mol. The first-order valence-corrected chi connectivity index (χ1v) is 10.3. The van der Waals surface area contributed by atoms with Gasteiger partial charge >= 0.3 is 0 Å². The van der Waals surface area contributed by atoms with E-state index in [0.717, 1.165) is 5.56 Å². The minimum atomic E-state index is -3.97. The Morgan fingerprint density at radius 1 is 0.893 bits per heavy atom. The third-order valence-corrected chi connectivity index (χ3v) is 6.62. The topological polar surface area (TPSA) is 80.3 Å². The van der Waals surface area contributed by atoms with Gasteiger partial charge in [0.15, 0.2) is 5.78 Å². The minimum Gasteiger partial charge on any atom is -0.348 e. The first-order valence-electron chi connectivity index (χ1n) is 8.43. The second kappa shape index (κ2) is 6.89. The van der Waals surface area contributed by atoms with Crippen LogP contribution < -0.4 is 5.32 Å². The number of benzene rings is 3. The number of ketones is 1. The van der Waals surface area contributed by atoms with Crippen molar-refractivity contribution in [3.63, 3.8) is 0 Å². The summed E-state index contributed by atoms with van der Waals surface area (Å²) in [6, 6.07) is 17.6. The van der Waals surface area contributed by atoms with Crippen LogP contribution in [0.3, 0.4) is 0 Å². The number of rotatable bonds is 3. The molecule has 0 fully saturated rings. The van der Waals surface area contributed by atoms with Gasteiger partial charge in [-0.2, -0.15) is 0 Å². The maximum atomic E-state index is 13.0. The molecule has 1 heterocycles. The van der Waals surface area contributed by atoms with Crippen molar-refractivity contribution in [3.8, 4) is 0 Å². The van der Waals surface area contributed by atoms with Crippen LogP contribution in [0.2, 0.25) is 5.02 Å². The zero-order chi connectivity index (χ0) is 19.9. The fraction of sp³-hybridized carbons (Fsp3) is 0.0476. The number of hydrogen-bond acceptors (Lipinski definition) is 4. The molecule has 3 aromatic rings. The molecule has 1 aliphatic rings. The van der Waals surface area contributed by atoms with Crippen LogP contribution in [0, 0.1) is 0 Å². The van der Waals surface area contributed by atoms with Crippen molar-refractivity contribution in [2.75, 3.05) is 0 Å². The van der Waals surface area contributed by atoms with E-state index in [1.54, 1.807) is 0 Å². The SMILES string of the molecule is O=C(NCc1ccccc1)c1ccc2c(c1)S(=O)(=O)c1cc(Cl)ccc1C2=O. The van der Waals surface area contributed by atoms with E-state index in [2.05, 4.69) is 5.32 Å². The molecule has 0 atom stereocenters. The smallest absolute Gasteiger partial charge is 0.251 e. The Bertz CT molecular complexity index is 1220. The largest absolute Gasteiger partial charge is 0.348 e. The normalized spacial score (nSPS) is 14.1. The summed E-state index contributed by atoms with van der Waals surface area (Å²) in [5, 5.41) is 2.97. The van der Waals surface area contributed by atoms with Crippen molar-refractivity contribution < 1.29 is 18.0 Å². The second-order valence-corrected chi connectivity index (χ2v) is 8.68. The summed E-state index contributed by atoms with van der Waals surface area (Å²) in [7, 11) is -3.97. The molecule has 1 N–H and O–H groups in total. The summed E-state index contributed by atoms with van der Waals surface area (Å²) < 4.78 is 26.0. The Kier molecular flexibility index (Phi) is 4.53. The Morgan fingerprint density at radius 3 is 2.25 bits per heavy atom. The molecule has 0 saturated heterocycles. The van der Waals surface area contributed by atoms with Gasteiger partial charge in [-0.1, -0.05) is 41.9 Å². The predicted octanol–water partition coefficient (Wildman–Crippen LogP) is 3.65. The van der Waals surface area contributed by atoms with Crippen LogP contribution in [0.1, 0.15) is 31.8 Å². The minimum absolute atomic E-state index is 0.0504. The standard InChI is InChI=1S/C21H14ClNO4S/c22-15-7-9-17-19(11-15)28(26,27)18-10-14(6-8-16(18)20(17)24)21(25)23-12-13-4-2-1-3-5-13/h1-11H,12H2,(H,23,25). The van der Waals surface area contributed by atoms with E-state index < -0.39 is 21.5 Å². The van der Waals surface area contributed by atoms with E-state index in [1.807, 2.05) is 30.3 Å². The fourth-order valence-corrected chi connectivity index (χ4v) is 5.06. The van der Waals surface area contributed by atoms with Crippen molar-refractivity contribution in [3.05, 3.63) is 94.0 Å². The number of carbonyl (C=O) groups excluding carboxylic acids is 2. The van der Waals surface area contributed by atoms with Gasteiger partial charge in [0.05, 0.1) is 9.79 Å². The maximum Gasteiger partial charge on any atom is 0.251 e. The van der Waals surface area contributed by atoms with Crippen LogP contribution in [-0.2, 0) is 16.4 Å². The number of nitrogens with one attached hydrogen (secondary N) is 1. The summed E-state index contributed by atoms with van der Waals surface area (Å²) in [5.41, 5.74) is 1.21. The molecule has 1 amide bonds. The number of fused-ring (bicyclic) bond motifs is 2. The van der Waals surface area contributed by atoms with Crippen LogP contribution in [0.5, 0.6) is 0 Å². The third kappa shape index (κ3) is 3.10. The van der Waals surface area contributed by atoms with Gasteiger partial charge in [-0.3, -0.25) is 9.59 Å². The van der Waals surface area contributed by atoms with E-state index in [0.29, 0.717) is 6.54 Å². The maximum absolute atomic E-state index is 13.0. The highest BCUT2D eigenvalue weighted by Crippen LogP contribution is 2.36. The van der Waals surface area contributed by atoms with Gasteiger partial charge in [-0.15, -0.1) is 0 Å². The molecule has 0 unspecified atom stereocenters. The average Bonchev–Trinajstić information content (AvgIpc) is 2.71. The molecule has 7 heteroatoms. The van der Waals surface area contributed by atoms with Crippen molar-refractivity contribution >= 4 is 33.1 Å². The molecule has 1 aliphatic heterocycles. The van der Waals surface area contributed by atoms with Gasteiger partial charge in [0.25, 0.3) is 5.91 Å². The summed E-state index contributed by atoms with van der Waals surface area (Å²) in [6.45, 7) is 0.306. The van der Waals surface area contributed by atoms with Gasteiger partial charge in [-0.05, 0) is 42.0 Å². The van der Waals surface area contributed by atoms with Gasteiger partial charge in [0, 0.05) is 28.3 Å². The Morgan fingerprint density at radius 2 is 1.54 bits per heavy atom. The summed E-state index contributed by atoms with van der Waals surface area (Å²) in [5.74, 6) is -0.834. The van der Waals surface area contributed by atoms with Crippen molar-refractivity contribution in [2.24, 2.45) is 0 Å². The van der Waals surface area contributed by atoms with E-state index in [4.69, 9.17) is 11.6 Å². The Balaban J connectivity index is 1.70. The first kappa shape index (κ1) is 18.4. The van der Waals surface area contributed by atoms with Gasteiger partial charge in [-0.25, -0.2) is 8.42 Å². The molecule has 0 saturated carbocycles. The lowest BCUT2D eigenvalue weighted by Gasteiger charge is -2.19. The molecule has 0 spiro atoms. The van der Waals surface area contributed by atoms with Crippen molar-refractivity contribution in [2.45, 2.75) is 16.3 Å². The Labute approximate surface area is 166 Å². The lowest BCUT2D eigenvalue weighted by molar-refractivity contribution is 0.0948. The van der Waals surface area contributed by atoms with Crippen LogP contribution in [-0.4, -0.2) is 20.1 Å². The summed E-state index contributed by atoms with van der Waals surface area (Å²) in [4.78, 5) is 24.9. The molecule has 140 valence electrons. The zero-order valence-corrected chi connectivity index (χ0v) is 16.0. The number of carbonyl (C=O) groups is 2. The molecular weight excluding hydrogens is 398 g/mol. The number of sulfone groups is 1. The quantitative estimate of drug-likeness (QED) is 0.558. The van der Waals surface area contributed by atoms with Gasteiger partial charge < -0.3 is 5.32 Å². The highest BCUT2D eigenvalue weighted by atomic mass is 35.5. The molecule has 3 aromatic carbocycles. The molecule has 4 rings (SSSR count). The van der Waals surface area contributed by atoms with E-state index in [-0.39, 0.29) is 31.5 Å². The van der Waals surface area contributed by atoms with E-state index >= 15 is 0 Å². The molecule has 0 aliphatic carbocycles. The number of amides is 1. The number of halogens is 1. The van der Waals surface area contributed by atoms with Gasteiger partial charge in [0.1, 0.15) is 0 Å². The van der Waals surface area contributed by atoms with Crippen LogP contribution in [0.25, 0.3) is 0 Å². The molecule has 0 radical (unpaired) electrons. The molecule has 28 heavy (non-hydrogen) atoms.